The first-order valence-corrected chi connectivity index (χ1v) is 10.1. The van der Waals surface area contributed by atoms with Crippen molar-refractivity contribution in [3.05, 3.63) is 107 Å². The van der Waals surface area contributed by atoms with Gasteiger partial charge in [0.2, 0.25) is 0 Å². The number of nitrogens with one attached hydrogen (secondary N) is 1. The largest absolute Gasteiger partial charge is 0.465 e. The number of carbonyl (C=O) groups excluding carboxylic acids is 1. The summed E-state index contributed by atoms with van der Waals surface area (Å²) in [6.45, 7) is 0.377. The van der Waals surface area contributed by atoms with E-state index in [4.69, 9.17) is 16.3 Å². The van der Waals surface area contributed by atoms with E-state index < -0.39 is 5.92 Å². The molecule has 3 nitrogen and oxygen atoms in total. The summed E-state index contributed by atoms with van der Waals surface area (Å²) in [5, 5.41) is 1.84. The van der Waals surface area contributed by atoms with Gasteiger partial charge in [0.25, 0.3) is 0 Å². The number of aryl methyl sites for hydroxylation is 1. The number of H-pyrrole nitrogens is 1. The van der Waals surface area contributed by atoms with Crippen LogP contribution in [0.15, 0.2) is 85.1 Å². The van der Waals surface area contributed by atoms with Gasteiger partial charge in [-0.2, -0.15) is 0 Å². The topological polar surface area (TPSA) is 42.1 Å². The Morgan fingerprint density at radius 1 is 0.931 bits per heavy atom. The van der Waals surface area contributed by atoms with Gasteiger partial charge >= 0.3 is 5.97 Å². The third kappa shape index (κ3) is 4.52. The summed E-state index contributed by atoms with van der Waals surface area (Å²) < 4.78 is 5.67. The summed E-state index contributed by atoms with van der Waals surface area (Å²) in [4.78, 5) is 16.2. The van der Waals surface area contributed by atoms with E-state index in [1.54, 1.807) is 0 Å². The summed E-state index contributed by atoms with van der Waals surface area (Å²) >= 11 is 6.12. The predicted octanol–water partition coefficient (Wildman–Crippen LogP) is 6.13. The molecule has 0 spiro atoms. The molecule has 0 saturated heterocycles. The molecule has 0 radical (unpaired) electrons. The maximum absolute atomic E-state index is 12.9. The van der Waals surface area contributed by atoms with Crippen LogP contribution >= 0.6 is 11.6 Å². The average Bonchev–Trinajstić information content (AvgIpc) is 3.15. The summed E-state index contributed by atoms with van der Waals surface area (Å²) in [7, 11) is 0. The molecule has 146 valence electrons. The van der Waals surface area contributed by atoms with Gasteiger partial charge in [0, 0.05) is 22.1 Å². The number of rotatable bonds is 7. The van der Waals surface area contributed by atoms with Crippen LogP contribution in [-0.4, -0.2) is 17.6 Å². The number of aromatic amines is 1. The van der Waals surface area contributed by atoms with E-state index in [-0.39, 0.29) is 5.97 Å². The minimum atomic E-state index is -0.413. The molecule has 1 N–H and O–H groups in total. The number of halogens is 1. The first-order chi connectivity index (χ1) is 14.2. The number of hydrogen-bond acceptors (Lipinski definition) is 2. The number of esters is 1. The number of benzene rings is 3. The van der Waals surface area contributed by atoms with Crippen molar-refractivity contribution in [3.8, 4) is 0 Å². The van der Waals surface area contributed by atoms with Gasteiger partial charge in [0.15, 0.2) is 0 Å². The molecule has 0 unspecified atom stereocenters. The Kier molecular flexibility index (Phi) is 5.97. The first kappa shape index (κ1) is 19.3. The second-order valence-electron chi connectivity index (χ2n) is 7.03. The van der Waals surface area contributed by atoms with Crippen molar-refractivity contribution in [1.82, 2.24) is 4.98 Å². The fourth-order valence-electron chi connectivity index (χ4n) is 3.63. The fourth-order valence-corrected chi connectivity index (χ4v) is 3.80. The second-order valence-corrected chi connectivity index (χ2v) is 7.47. The molecule has 0 aliphatic rings. The van der Waals surface area contributed by atoms with E-state index in [2.05, 4.69) is 4.98 Å². The molecule has 4 heteroatoms. The maximum atomic E-state index is 12.9. The van der Waals surface area contributed by atoms with Crippen LogP contribution in [0.3, 0.4) is 0 Å². The highest BCUT2D eigenvalue weighted by molar-refractivity contribution is 6.31. The number of aromatic nitrogens is 1. The zero-order valence-corrected chi connectivity index (χ0v) is 16.7. The number of ether oxygens (including phenoxy) is 1. The van der Waals surface area contributed by atoms with Crippen LogP contribution in [0, 0.1) is 0 Å². The Hall–Kier alpha value is -3.04. The molecule has 4 rings (SSSR count). The Balaban J connectivity index is 1.41. The molecule has 3 aromatic carbocycles. The Labute approximate surface area is 175 Å². The molecule has 0 aliphatic heterocycles. The third-order valence-electron chi connectivity index (χ3n) is 5.07. The van der Waals surface area contributed by atoms with Gasteiger partial charge in [-0.05, 0) is 47.7 Å². The van der Waals surface area contributed by atoms with Crippen molar-refractivity contribution in [2.24, 2.45) is 0 Å². The molecule has 0 fully saturated rings. The summed E-state index contributed by atoms with van der Waals surface area (Å²) in [5.41, 5.74) is 4.13. The molecule has 0 atom stereocenters. The van der Waals surface area contributed by atoms with Crippen LogP contribution in [0.2, 0.25) is 5.02 Å². The SMILES string of the molecule is O=C(OCCCc1c[nH]c2ccc(Cl)cc12)C(c1ccccc1)c1ccccc1. The summed E-state index contributed by atoms with van der Waals surface area (Å²) in [6, 6.07) is 25.4. The molecular formula is C25H22ClNO2. The monoisotopic (exact) mass is 403 g/mol. The highest BCUT2D eigenvalue weighted by Crippen LogP contribution is 2.26. The van der Waals surface area contributed by atoms with Crippen molar-refractivity contribution in [2.45, 2.75) is 18.8 Å². The first-order valence-electron chi connectivity index (χ1n) is 9.74. The van der Waals surface area contributed by atoms with E-state index in [9.17, 15) is 4.79 Å². The van der Waals surface area contributed by atoms with Crippen LogP contribution < -0.4 is 0 Å². The Morgan fingerprint density at radius 3 is 2.24 bits per heavy atom. The van der Waals surface area contributed by atoms with Gasteiger partial charge in [0.1, 0.15) is 5.92 Å². The molecular weight excluding hydrogens is 382 g/mol. The molecule has 1 heterocycles. The molecule has 0 amide bonds. The lowest BCUT2D eigenvalue weighted by Crippen LogP contribution is -2.18. The second kappa shape index (κ2) is 8.97. The molecule has 0 aliphatic carbocycles. The van der Waals surface area contributed by atoms with Crippen molar-refractivity contribution in [2.75, 3.05) is 6.61 Å². The molecule has 1 aromatic heterocycles. The fraction of sp³-hybridized carbons (Fsp3) is 0.160. The van der Waals surface area contributed by atoms with E-state index in [0.717, 1.165) is 39.9 Å². The van der Waals surface area contributed by atoms with E-state index >= 15 is 0 Å². The van der Waals surface area contributed by atoms with Crippen molar-refractivity contribution in [1.29, 1.82) is 0 Å². The zero-order valence-electron chi connectivity index (χ0n) is 16.0. The highest BCUT2D eigenvalue weighted by Gasteiger charge is 2.23. The lowest BCUT2D eigenvalue weighted by atomic mass is 9.91. The number of carbonyl (C=O) groups is 1. The van der Waals surface area contributed by atoms with Crippen LogP contribution in [0.1, 0.15) is 29.0 Å². The molecule has 29 heavy (non-hydrogen) atoms. The van der Waals surface area contributed by atoms with Gasteiger partial charge in [-0.25, -0.2) is 0 Å². The van der Waals surface area contributed by atoms with Crippen LogP contribution in [-0.2, 0) is 16.0 Å². The minimum Gasteiger partial charge on any atom is -0.465 e. The van der Waals surface area contributed by atoms with Gasteiger partial charge in [-0.3, -0.25) is 4.79 Å². The predicted molar refractivity (Wildman–Crippen MR) is 117 cm³/mol. The third-order valence-corrected chi connectivity index (χ3v) is 5.30. The lowest BCUT2D eigenvalue weighted by molar-refractivity contribution is -0.144. The van der Waals surface area contributed by atoms with Crippen LogP contribution in [0.25, 0.3) is 10.9 Å². The summed E-state index contributed by atoms with van der Waals surface area (Å²) in [5.74, 6) is -0.631. The highest BCUT2D eigenvalue weighted by atomic mass is 35.5. The quantitative estimate of drug-likeness (QED) is 0.298. The van der Waals surface area contributed by atoms with E-state index in [0.29, 0.717) is 6.61 Å². The minimum absolute atomic E-state index is 0.218. The Bertz CT molecular complexity index is 1050. The van der Waals surface area contributed by atoms with Crippen molar-refractivity contribution >= 4 is 28.5 Å². The van der Waals surface area contributed by atoms with E-state index in [1.807, 2.05) is 85.1 Å². The molecule has 4 aromatic rings. The van der Waals surface area contributed by atoms with Gasteiger partial charge in [-0.15, -0.1) is 0 Å². The van der Waals surface area contributed by atoms with Gasteiger partial charge < -0.3 is 9.72 Å². The maximum Gasteiger partial charge on any atom is 0.317 e. The summed E-state index contributed by atoms with van der Waals surface area (Å²) in [6.07, 6.45) is 3.57. The smallest absolute Gasteiger partial charge is 0.317 e. The zero-order chi connectivity index (χ0) is 20.1. The van der Waals surface area contributed by atoms with Crippen LogP contribution in [0.4, 0.5) is 0 Å². The standard InChI is InChI=1S/C25H22ClNO2/c26-21-13-14-23-22(16-21)20(17-27-23)12-7-15-29-25(28)24(18-8-3-1-4-9-18)19-10-5-2-6-11-19/h1-6,8-11,13-14,16-17,24,27H,7,12,15H2. The van der Waals surface area contributed by atoms with Gasteiger partial charge in [-0.1, -0.05) is 72.3 Å². The number of hydrogen-bond donors (Lipinski definition) is 1. The normalized spacial score (nSPS) is 11.1. The molecule has 0 saturated carbocycles. The lowest BCUT2D eigenvalue weighted by Gasteiger charge is -2.17. The van der Waals surface area contributed by atoms with Crippen molar-refractivity contribution < 1.29 is 9.53 Å². The molecule has 0 bridgehead atoms. The average molecular weight is 404 g/mol. The Morgan fingerprint density at radius 2 is 1.59 bits per heavy atom. The van der Waals surface area contributed by atoms with Crippen LogP contribution in [0.5, 0.6) is 0 Å². The van der Waals surface area contributed by atoms with E-state index in [1.165, 1.54) is 5.56 Å². The number of fused-ring (bicyclic) bond motifs is 1. The van der Waals surface area contributed by atoms with Crippen molar-refractivity contribution in [3.63, 3.8) is 0 Å². The van der Waals surface area contributed by atoms with Gasteiger partial charge in [0.05, 0.1) is 6.61 Å².